The number of hydrogen-bond donors (Lipinski definition) is 2. The van der Waals surface area contributed by atoms with Crippen LogP contribution in [-0.2, 0) is 19.2 Å². The standard InChI is InChI=1S/C25H33N3O4/c1-14-6-5-7-16(10-14)15(2)24(32)28-12-19-20(25(19,3)4)21(28)23(31)27-18(13-29)11-17-8-9-26-22(17)30/h5-7,10,13,15,17-21H,8-9,11-12H2,1-4H3,(H,26,30)(H,27,31)/t15-,17+,18+,19+,20+,21+/m1/s1. The predicted octanol–water partition coefficient (Wildman–Crippen LogP) is 1.79. The molecule has 2 N–H and O–H groups in total. The van der Waals surface area contributed by atoms with E-state index < -0.39 is 12.1 Å². The summed E-state index contributed by atoms with van der Waals surface area (Å²) in [5, 5.41) is 5.61. The molecule has 6 atom stereocenters. The van der Waals surface area contributed by atoms with Crippen LogP contribution in [0.15, 0.2) is 24.3 Å². The SMILES string of the molecule is Cc1cccc([C@@H](C)C(=O)N2C[C@H]3[C@@H]([C@H]2C(=O)N[C@H](C=O)C[C@@H]2CCNC2=O)C3(C)C)c1. The second kappa shape index (κ2) is 8.34. The van der Waals surface area contributed by atoms with Crippen LogP contribution in [0.2, 0.25) is 0 Å². The Morgan fingerprint density at radius 1 is 1.34 bits per heavy atom. The number of piperidine rings is 1. The lowest BCUT2D eigenvalue weighted by atomic mass is 9.94. The lowest BCUT2D eigenvalue weighted by molar-refractivity contribution is -0.141. The second-order valence-corrected chi connectivity index (χ2v) is 10.3. The zero-order chi connectivity index (χ0) is 23.2. The first-order valence-corrected chi connectivity index (χ1v) is 11.6. The monoisotopic (exact) mass is 439 g/mol. The van der Waals surface area contributed by atoms with Crippen LogP contribution in [0.25, 0.3) is 0 Å². The van der Waals surface area contributed by atoms with Crippen molar-refractivity contribution in [1.29, 1.82) is 0 Å². The van der Waals surface area contributed by atoms with Crippen molar-refractivity contribution in [1.82, 2.24) is 15.5 Å². The van der Waals surface area contributed by atoms with Crippen LogP contribution >= 0.6 is 0 Å². The van der Waals surface area contributed by atoms with Crippen LogP contribution in [0.4, 0.5) is 0 Å². The van der Waals surface area contributed by atoms with Crippen molar-refractivity contribution in [2.75, 3.05) is 13.1 Å². The molecule has 1 saturated carbocycles. The van der Waals surface area contributed by atoms with Gasteiger partial charge in [0.05, 0.1) is 12.0 Å². The maximum absolute atomic E-state index is 13.4. The van der Waals surface area contributed by atoms with Gasteiger partial charge in [0.25, 0.3) is 0 Å². The van der Waals surface area contributed by atoms with Crippen molar-refractivity contribution in [2.45, 2.75) is 58.5 Å². The van der Waals surface area contributed by atoms with E-state index in [-0.39, 0.29) is 46.8 Å². The number of hydrogen-bond acceptors (Lipinski definition) is 4. The van der Waals surface area contributed by atoms with Crippen molar-refractivity contribution in [3.8, 4) is 0 Å². The predicted molar refractivity (Wildman–Crippen MR) is 120 cm³/mol. The van der Waals surface area contributed by atoms with Gasteiger partial charge in [0.1, 0.15) is 12.3 Å². The molecule has 3 amide bonds. The van der Waals surface area contributed by atoms with Crippen molar-refractivity contribution in [3.63, 3.8) is 0 Å². The Kier molecular flexibility index (Phi) is 5.86. The van der Waals surface area contributed by atoms with E-state index in [9.17, 15) is 19.2 Å². The molecule has 172 valence electrons. The molecule has 4 rings (SSSR count). The molecule has 1 aromatic rings. The van der Waals surface area contributed by atoms with Crippen LogP contribution < -0.4 is 10.6 Å². The van der Waals surface area contributed by atoms with Gasteiger partial charge in [-0.05, 0) is 49.5 Å². The molecule has 2 saturated heterocycles. The number of fused-ring (bicyclic) bond motifs is 1. The molecule has 2 aliphatic heterocycles. The molecule has 2 heterocycles. The van der Waals surface area contributed by atoms with Gasteiger partial charge in [-0.2, -0.15) is 0 Å². The number of nitrogens with one attached hydrogen (secondary N) is 2. The van der Waals surface area contributed by atoms with E-state index in [0.29, 0.717) is 32.2 Å². The van der Waals surface area contributed by atoms with Crippen molar-refractivity contribution in [2.24, 2.45) is 23.2 Å². The smallest absolute Gasteiger partial charge is 0.243 e. The second-order valence-electron chi connectivity index (χ2n) is 10.3. The third-order valence-electron chi connectivity index (χ3n) is 7.87. The third kappa shape index (κ3) is 3.93. The van der Waals surface area contributed by atoms with Crippen molar-refractivity contribution >= 4 is 24.0 Å². The van der Waals surface area contributed by atoms with Gasteiger partial charge in [-0.1, -0.05) is 43.7 Å². The van der Waals surface area contributed by atoms with Crippen molar-refractivity contribution in [3.05, 3.63) is 35.4 Å². The van der Waals surface area contributed by atoms with Crippen LogP contribution in [0, 0.1) is 30.1 Å². The van der Waals surface area contributed by atoms with E-state index in [2.05, 4.69) is 24.5 Å². The molecule has 7 heteroatoms. The molecule has 1 aliphatic carbocycles. The summed E-state index contributed by atoms with van der Waals surface area (Å²) in [4.78, 5) is 52.1. The van der Waals surface area contributed by atoms with Gasteiger partial charge in [-0.3, -0.25) is 14.4 Å². The Hall–Kier alpha value is -2.70. The van der Waals surface area contributed by atoms with Crippen molar-refractivity contribution < 1.29 is 19.2 Å². The zero-order valence-electron chi connectivity index (χ0n) is 19.3. The number of carbonyl (C=O) groups excluding carboxylic acids is 4. The molecule has 0 spiro atoms. The number of aldehydes is 1. The third-order valence-corrected chi connectivity index (χ3v) is 7.87. The first-order chi connectivity index (χ1) is 15.1. The van der Waals surface area contributed by atoms with Crippen LogP contribution in [0.5, 0.6) is 0 Å². The summed E-state index contributed by atoms with van der Waals surface area (Å²) in [6.07, 6.45) is 1.66. The van der Waals surface area contributed by atoms with Gasteiger partial charge >= 0.3 is 0 Å². The van der Waals surface area contributed by atoms with Gasteiger partial charge in [0.15, 0.2) is 0 Å². The molecular weight excluding hydrogens is 406 g/mol. The zero-order valence-corrected chi connectivity index (χ0v) is 19.3. The normalized spacial score (nSPS) is 29.6. The Bertz CT molecular complexity index is 943. The fraction of sp³-hybridized carbons (Fsp3) is 0.600. The highest BCUT2D eigenvalue weighted by Crippen LogP contribution is 2.65. The molecular formula is C25H33N3O4. The first-order valence-electron chi connectivity index (χ1n) is 11.6. The molecule has 0 aromatic heterocycles. The van der Waals surface area contributed by atoms with Gasteiger partial charge in [0, 0.05) is 19.0 Å². The maximum atomic E-state index is 13.4. The number of amides is 3. The van der Waals surface area contributed by atoms with Crippen LogP contribution in [0.3, 0.4) is 0 Å². The number of rotatable bonds is 7. The molecule has 3 aliphatic rings. The quantitative estimate of drug-likeness (QED) is 0.633. The average molecular weight is 440 g/mol. The summed E-state index contributed by atoms with van der Waals surface area (Å²) in [6, 6.07) is 6.57. The number of carbonyl (C=O) groups is 4. The van der Waals surface area contributed by atoms with Crippen LogP contribution in [0.1, 0.15) is 50.7 Å². The lowest BCUT2D eigenvalue weighted by Crippen LogP contribution is -2.53. The maximum Gasteiger partial charge on any atom is 0.243 e. The van der Waals surface area contributed by atoms with E-state index in [1.807, 2.05) is 38.1 Å². The largest absolute Gasteiger partial charge is 0.356 e. The Morgan fingerprint density at radius 3 is 2.72 bits per heavy atom. The topological polar surface area (TPSA) is 95.6 Å². The summed E-state index contributed by atoms with van der Waals surface area (Å²) in [7, 11) is 0. The van der Waals surface area contributed by atoms with E-state index >= 15 is 0 Å². The Labute approximate surface area is 189 Å². The van der Waals surface area contributed by atoms with E-state index in [1.165, 1.54) is 0 Å². The van der Waals surface area contributed by atoms with Gasteiger partial charge in [-0.15, -0.1) is 0 Å². The van der Waals surface area contributed by atoms with E-state index in [4.69, 9.17) is 0 Å². The van der Waals surface area contributed by atoms with Gasteiger partial charge in [-0.25, -0.2) is 0 Å². The number of nitrogens with zero attached hydrogens (tertiary/aromatic N) is 1. The summed E-state index contributed by atoms with van der Waals surface area (Å²) in [5.41, 5.74) is 2.02. The van der Waals surface area contributed by atoms with Gasteiger partial charge in [0.2, 0.25) is 17.7 Å². The number of aryl methyl sites for hydroxylation is 1. The minimum atomic E-state index is -0.733. The summed E-state index contributed by atoms with van der Waals surface area (Å²) >= 11 is 0. The summed E-state index contributed by atoms with van der Waals surface area (Å²) in [5.74, 6) is -0.673. The minimum absolute atomic E-state index is 0.00657. The minimum Gasteiger partial charge on any atom is -0.356 e. The molecule has 0 radical (unpaired) electrons. The van der Waals surface area contributed by atoms with E-state index in [0.717, 1.165) is 11.1 Å². The van der Waals surface area contributed by atoms with Crippen LogP contribution in [-0.4, -0.2) is 54.1 Å². The fourth-order valence-electron chi connectivity index (χ4n) is 5.74. The average Bonchev–Trinajstić information content (AvgIpc) is 3.12. The highest BCUT2D eigenvalue weighted by Gasteiger charge is 2.69. The lowest BCUT2D eigenvalue weighted by Gasteiger charge is -2.33. The van der Waals surface area contributed by atoms with E-state index in [1.54, 1.807) is 4.90 Å². The van der Waals surface area contributed by atoms with Gasteiger partial charge < -0.3 is 20.3 Å². The Morgan fingerprint density at radius 2 is 2.09 bits per heavy atom. The fourth-order valence-corrected chi connectivity index (χ4v) is 5.74. The molecule has 3 fully saturated rings. The number of likely N-dealkylation sites (tertiary alicyclic amines) is 1. The molecule has 0 bridgehead atoms. The first kappa shape index (κ1) is 22.5. The summed E-state index contributed by atoms with van der Waals surface area (Å²) < 4.78 is 0. The Balaban J connectivity index is 1.50. The highest BCUT2D eigenvalue weighted by molar-refractivity contribution is 5.93. The molecule has 32 heavy (non-hydrogen) atoms. The molecule has 0 unspecified atom stereocenters. The number of benzene rings is 1. The summed E-state index contributed by atoms with van der Waals surface area (Å²) in [6.45, 7) is 9.30. The molecule has 7 nitrogen and oxygen atoms in total. The molecule has 1 aromatic carbocycles. The highest BCUT2D eigenvalue weighted by atomic mass is 16.2.